The largest absolute Gasteiger partial charge is 0.493 e. The molecule has 4 rings (SSSR count). The number of hydrogen-bond donors (Lipinski definition) is 0. The normalized spacial score (nSPS) is 14.7. The van der Waals surface area contributed by atoms with Gasteiger partial charge in [0, 0.05) is 45.7 Å². The number of methoxy groups -OCH3 is 1. The molecule has 0 spiro atoms. The number of carbonyl (C=O) groups excluding carboxylic acids is 1. The smallest absolute Gasteiger partial charge is 0.434 e. The van der Waals surface area contributed by atoms with Gasteiger partial charge in [0.2, 0.25) is 0 Å². The monoisotopic (exact) mass is 604 g/mol. The summed E-state index contributed by atoms with van der Waals surface area (Å²) in [6.07, 6.45) is -0.191. The summed E-state index contributed by atoms with van der Waals surface area (Å²) in [6, 6.07) is 9.78. The third-order valence-electron chi connectivity index (χ3n) is 7.32. The van der Waals surface area contributed by atoms with E-state index in [9.17, 15) is 18.0 Å². The summed E-state index contributed by atoms with van der Waals surface area (Å²) < 4.78 is 58.4. The minimum absolute atomic E-state index is 0.00721. The maximum atomic E-state index is 13.5. The zero-order valence-corrected chi connectivity index (χ0v) is 25.8. The van der Waals surface area contributed by atoms with Gasteiger partial charge in [-0.05, 0) is 61.6 Å². The Hall–Kier alpha value is -3.38. The van der Waals surface area contributed by atoms with Crippen LogP contribution in [0.1, 0.15) is 34.5 Å². The zero-order valence-electron chi connectivity index (χ0n) is 24.8. The van der Waals surface area contributed by atoms with Crippen molar-refractivity contribution in [1.29, 1.82) is 0 Å². The van der Waals surface area contributed by atoms with E-state index < -0.39 is 25.9 Å². The molecule has 1 fully saturated rings. The van der Waals surface area contributed by atoms with Crippen molar-refractivity contribution < 1.29 is 32.2 Å². The van der Waals surface area contributed by atoms with Gasteiger partial charge in [0.25, 0.3) is 0 Å². The molecule has 228 valence electrons. The first-order valence-electron chi connectivity index (χ1n) is 14.1. The molecule has 0 amide bonds. The van der Waals surface area contributed by atoms with Gasteiger partial charge in [0.05, 0.1) is 19.3 Å². The molecule has 2 aromatic heterocycles. The quantitative estimate of drug-likeness (QED) is 0.137. The van der Waals surface area contributed by atoms with Gasteiger partial charge in [-0.2, -0.15) is 13.2 Å². The van der Waals surface area contributed by atoms with E-state index in [2.05, 4.69) is 34.5 Å². The highest BCUT2D eigenvalue weighted by atomic mass is 28.3. The summed E-state index contributed by atoms with van der Waals surface area (Å²) in [5.74, 6) is 1.56. The number of carbonyl (C=O) groups is 1. The molecule has 1 aliphatic rings. The summed E-state index contributed by atoms with van der Waals surface area (Å²) in [6.45, 7) is 11.2. The third-order valence-corrected chi connectivity index (χ3v) is 9.03. The highest BCUT2D eigenvalue weighted by Crippen LogP contribution is 2.32. The van der Waals surface area contributed by atoms with Crippen LogP contribution in [0.25, 0.3) is 11.4 Å². The van der Waals surface area contributed by atoms with Gasteiger partial charge in [-0.3, -0.25) is 0 Å². The fraction of sp³-hybridized carbons (Fsp3) is 0.500. The molecule has 0 bridgehead atoms. The second-order valence-electron chi connectivity index (χ2n) is 11.9. The van der Waals surface area contributed by atoms with Crippen molar-refractivity contribution in [1.82, 2.24) is 14.5 Å². The lowest BCUT2D eigenvalue weighted by Crippen LogP contribution is -2.36. The van der Waals surface area contributed by atoms with E-state index >= 15 is 0 Å². The molecule has 0 aliphatic carbocycles. The number of anilines is 1. The first-order valence-corrected chi connectivity index (χ1v) is 17.8. The molecule has 0 unspecified atom stereocenters. The number of aromatic nitrogens is 3. The summed E-state index contributed by atoms with van der Waals surface area (Å²) >= 11 is 0. The number of rotatable bonds is 11. The minimum atomic E-state index is -4.55. The molecule has 1 saturated heterocycles. The molecular formula is C30H39F3N4O4Si. The van der Waals surface area contributed by atoms with Gasteiger partial charge >= 0.3 is 12.1 Å². The first kappa shape index (κ1) is 31.6. The number of benzene rings is 1. The number of halogens is 3. The van der Waals surface area contributed by atoms with Gasteiger partial charge in [-0.15, -0.1) is 0 Å². The second-order valence-corrected chi connectivity index (χ2v) is 17.5. The lowest BCUT2D eigenvalue weighted by atomic mass is 9.97. The van der Waals surface area contributed by atoms with Crippen molar-refractivity contribution in [3.05, 3.63) is 59.5 Å². The van der Waals surface area contributed by atoms with Gasteiger partial charge in [-0.25, -0.2) is 14.8 Å². The summed E-state index contributed by atoms with van der Waals surface area (Å²) in [7, 11) is 0.0286. The highest BCUT2D eigenvalue weighted by Gasteiger charge is 2.35. The van der Waals surface area contributed by atoms with E-state index in [1.54, 1.807) is 24.4 Å². The number of nitrogens with zero attached hydrogens (tertiary/aromatic N) is 4. The van der Waals surface area contributed by atoms with Crippen molar-refractivity contribution in [3.8, 4) is 17.1 Å². The minimum Gasteiger partial charge on any atom is -0.493 e. The predicted octanol–water partition coefficient (Wildman–Crippen LogP) is 6.67. The van der Waals surface area contributed by atoms with E-state index in [1.165, 1.54) is 11.7 Å². The number of aryl methyl sites for hydroxylation is 1. The fourth-order valence-electron chi connectivity index (χ4n) is 4.66. The number of esters is 1. The molecule has 0 N–H and O–H groups in total. The van der Waals surface area contributed by atoms with E-state index in [-0.39, 0.29) is 12.6 Å². The lowest BCUT2D eigenvalue weighted by Gasteiger charge is -2.32. The SMILES string of the molecule is COC(=O)c1ccc(C)c(OCC2CCN(c3ccc(-c4nc(C(F)(F)F)cn4COCC[Si](C)(C)C)cn3)CC2)c1. The topological polar surface area (TPSA) is 78.7 Å². The van der Waals surface area contributed by atoms with Crippen LogP contribution in [0.2, 0.25) is 25.7 Å². The molecule has 42 heavy (non-hydrogen) atoms. The fourth-order valence-corrected chi connectivity index (χ4v) is 5.42. The van der Waals surface area contributed by atoms with Gasteiger partial charge < -0.3 is 23.7 Å². The average molecular weight is 605 g/mol. The molecule has 1 aliphatic heterocycles. The molecule has 3 aromatic rings. The number of ether oxygens (including phenoxy) is 3. The van der Waals surface area contributed by atoms with Crippen LogP contribution < -0.4 is 9.64 Å². The molecular weight excluding hydrogens is 565 g/mol. The average Bonchev–Trinajstić information content (AvgIpc) is 3.39. The van der Waals surface area contributed by atoms with Crippen LogP contribution in [0.3, 0.4) is 0 Å². The molecule has 0 atom stereocenters. The Bertz CT molecular complexity index is 1350. The Morgan fingerprint density at radius 3 is 2.48 bits per heavy atom. The van der Waals surface area contributed by atoms with E-state index in [4.69, 9.17) is 14.2 Å². The van der Waals surface area contributed by atoms with E-state index in [1.807, 2.05) is 19.1 Å². The summed E-state index contributed by atoms with van der Waals surface area (Å²) in [4.78, 5) is 22.5. The summed E-state index contributed by atoms with van der Waals surface area (Å²) in [5, 5.41) is 0. The Kier molecular flexibility index (Phi) is 9.98. The zero-order chi connectivity index (χ0) is 30.5. The van der Waals surface area contributed by atoms with Crippen LogP contribution in [-0.4, -0.2) is 62.0 Å². The number of hydrogen-bond acceptors (Lipinski definition) is 7. The molecule has 0 saturated carbocycles. The predicted molar refractivity (Wildman–Crippen MR) is 158 cm³/mol. The molecule has 8 nitrogen and oxygen atoms in total. The van der Waals surface area contributed by atoms with Crippen molar-refractivity contribution >= 4 is 19.9 Å². The number of alkyl halides is 3. The van der Waals surface area contributed by atoms with Crippen LogP contribution in [0.5, 0.6) is 5.75 Å². The first-order chi connectivity index (χ1) is 19.8. The second kappa shape index (κ2) is 13.3. The van der Waals surface area contributed by atoms with Crippen molar-refractivity contribution in [3.63, 3.8) is 0 Å². The molecule has 12 heteroatoms. The van der Waals surface area contributed by atoms with Crippen molar-refractivity contribution in [2.24, 2.45) is 5.92 Å². The van der Waals surface area contributed by atoms with Crippen LogP contribution in [0.15, 0.2) is 42.7 Å². The van der Waals surface area contributed by atoms with Crippen molar-refractivity contribution in [2.45, 2.75) is 58.4 Å². The maximum Gasteiger partial charge on any atom is 0.434 e. The summed E-state index contributed by atoms with van der Waals surface area (Å²) in [5.41, 5.74) is 0.947. The standard InChI is InChI=1S/C30H39F3N4O4Si/c1-21-6-7-23(29(38)39-2)16-25(21)41-19-22-10-12-36(13-11-22)27-9-8-24(17-34-27)28-35-26(30(31,32)33)18-37(28)20-40-14-15-42(3,4)5/h6-9,16-18,22H,10-15,19-20H2,1-5H3. The van der Waals surface area contributed by atoms with Crippen LogP contribution in [0, 0.1) is 12.8 Å². The highest BCUT2D eigenvalue weighted by molar-refractivity contribution is 6.76. The number of piperidine rings is 1. The van der Waals surface area contributed by atoms with Crippen LogP contribution >= 0.6 is 0 Å². The Labute approximate surface area is 245 Å². The molecule has 1 aromatic carbocycles. The Balaban J connectivity index is 1.36. The van der Waals surface area contributed by atoms with Crippen LogP contribution in [0.4, 0.5) is 19.0 Å². The Morgan fingerprint density at radius 2 is 1.86 bits per heavy atom. The van der Waals surface area contributed by atoms with Gasteiger partial charge in [0.1, 0.15) is 24.1 Å². The van der Waals surface area contributed by atoms with Crippen LogP contribution in [-0.2, 0) is 22.4 Å². The van der Waals surface area contributed by atoms with Gasteiger partial charge in [0.15, 0.2) is 5.69 Å². The lowest BCUT2D eigenvalue weighted by molar-refractivity contribution is -0.141. The van der Waals surface area contributed by atoms with Gasteiger partial charge in [-0.1, -0.05) is 25.7 Å². The maximum absolute atomic E-state index is 13.5. The van der Waals surface area contributed by atoms with Crippen molar-refractivity contribution in [2.75, 3.05) is 38.3 Å². The number of imidazole rings is 1. The van der Waals surface area contributed by atoms with E-state index in [0.717, 1.165) is 49.6 Å². The Morgan fingerprint density at radius 1 is 1.12 bits per heavy atom. The molecule has 0 radical (unpaired) electrons. The third kappa shape index (κ3) is 8.34. The number of pyridine rings is 1. The molecule has 3 heterocycles. The van der Waals surface area contributed by atoms with E-state index in [0.29, 0.717) is 36.0 Å².